The monoisotopic (exact) mass is 204 g/mol. The number of nitrogen functional groups attached to an aromatic ring is 1. The maximum atomic E-state index is 8.80. The Bertz CT molecular complexity index is 390. The number of hydrogen-bond acceptors (Lipinski definition) is 6. The first kappa shape index (κ1) is 9.68. The van der Waals surface area contributed by atoms with E-state index in [1.54, 1.807) is 6.07 Å². The molecule has 15 heavy (non-hydrogen) atoms. The van der Waals surface area contributed by atoms with Crippen LogP contribution in [0.5, 0.6) is 0 Å². The van der Waals surface area contributed by atoms with Crippen LogP contribution in [-0.4, -0.2) is 23.1 Å². The Balaban J connectivity index is 2.33. The van der Waals surface area contributed by atoms with E-state index in [0.29, 0.717) is 5.69 Å². The van der Waals surface area contributed by atoms with Crippen molar-refractivity contribution in [1.29, 1.82) is 5.26 Å². The summed E-state index contributed by atoms with van der Waals surface area (Å²) in [6.07, 6.45) is 2.33. The highest BCUT2D eigenvalue weighted by molar-refractivity contribution is 5.47. The van der Waals surface area contributed by atoms with Crippen LogP contribution in [0.15, 0.2) is 6.07 Å². The second-order valence-electron chi connectivity index (χ2n) is 3.39. The number of nitrogens with two attached hydrogens (primary N) is 1. The maximum Gasteiger partial charge on any atom is 0.240 e. The van der Waals surface area contributed by atoms with Crippen LogP contribution in [0.4, 0.5) is 11.8 Å². The first-order chi connectivity index (χ1) is 7.33. The third kappa shape index (κ3) is 1.97. The molecule has 1 aliphatic rings. The average molecular weight is 204 g/mol. The van der Waals surface area contributed by atoms with E-state index in [1.807, 2.05) is 6.07 Å². The molecule has 0 radical (unpaired) electrons. The number of hydrogen-bond donors (Lipinski definition) is 2. The predicted molar refractivity (Wildman–Crippen MR) is 56.0 cm³/mol. The highest BCUT2D eigenvalue weighted by Crippen LogP contribution is 2.19. The Morgan fingerprint density at radius 1 is 1.40 bits per heavy atom. The van der Waals surface area contributed by atoms with Gasteiger partial charge < -0.3 is 4.90 Å². The molecule has 3 N–H and O–H groups in total. The van der Waals surface area contributed by atoms with Crippen molar-refractivity contribution in [3.05, 3.63) is 11.8 Å². The number of nitrogens with zero attached hydrogens (tertiary/aromatic N) is 4. The van der Waals surface area contributed by atoms with Crippen LogP contribution in [-0.2, 0) is 0 Å². The minimum Gasteiger partial charge on any atom is -0.356 e. The topological polar surface area (TPSA) is 90.9 Å². The summed E-state index contributed by atoms with van der Waals surface area (Å²) in [6, 6.07) is 3.68. The first-order valence-corrected chi connectivity index (χ1v) is 4.84. The lowest BCUT2D eigenvalue weighted by Gasteiger charge is -2.16. The summed E-state index contributed by atoms with van der Waals surface area (Å²) in [4.78, 5) is 10.2. The van der Waals surface area contributed by atoms with Gasteiger partial charge in [0, 0.05) is 19.2 Å². The van der Waals surface area contributed by atoms with E-state index in [1.165, 1.54) is 0 Å². The standard InChI is InChI=1S/C9H12N6/c10-6-7-5-8(13-9(12-7)14-11)15-3-1-2-4-15/h5H,1-4,11H2,(H,12,13,14). The van der Waals surface area contributed by atoms with Crippen LogP contribution < -0.4 is 16.2 Å². The molecule has 2 rings (SSSR count). The lowest BCUT2D eigenvalue weighted by atomic mass is 10.4. The van der Waals surface area contributed by atoms with Gasteiger partial charge in [0.25, 0.3) is 0 Å². The van der Waals surface area contributed by atoms with Crippen molar-refractivity contribution in [2.24, 2.45) is 5.84 Å². The van der Waals surface area contributed by atoms with Gasteiger partial charge in [0.05, 0.1) is 0 Å². The highest BCUT2D eigenvalue weighted by atomic mass is 15.3. The van der Waals surface area contributed by atoms with Crippen molar-refractivity contribution in [3.63, 3.8) is 0 Å². The Morgan fingerprint density at radius 3 is 2.73 bits per heavy atom. The molecule has 1 saturated heterocycles. The van der Waals surface area contributed by atoms with Gasteiger partial charge >= 0.3 is 0 Å². The summed E-state index contributed by atoms with van der Waals surface area (Å²) in [5.74, 6) is 6.30. The Morgan fingerprint density at radius 2 is 2.13 bits per heavy atom. The molecule has 0 aliphatic carbocycles. The van der Waals surface area contributed by atoms with E-state index in [9.17, 15) is 0 Å². The molecule has 6 heteroatoms. The number of aromatic nitrogens is 2. The van der Waals surface area contributed by atoms with Gasteiger partial charge in [0.1, 0.15) is 17.6 Å². The minimum atomic E-state index is 0.288. The maximum absolute atomic E-state index is 8.80. The van der Waals surface area contributed by atoms with E-state index >= 15 is 0 Å². The van der Waals surface area contributed by atoms with Gasteiger partial charge in [0.15, 0.2) is 0 Å². The third-order valence-electron chi connectivity index (χ3n) is 2.39. The normalized spacial score (nSPS) is 15.1. The fourth-order valence-corrected chi connectivity index (χ4v) is 1.66. The second-order valence-corrected chi connectivity index (χ2v) is 3.39. The predicted octanol–water partition coefficient (Wildman–Crippen LogP) is 0.234. The Hall–Kier alpha value is -1.87. The van der Waals surface area contributed by atoms with Gasteiger partial charge in [-0.3, -0.25) is 5.43 Å². The number of nitrogens with one attached hydrogen (secondary N) is 1. The van der Waals surface area contributed by atoms with Crippen molar-refractivity contribution in [2.45, 2.75) is 12.8 Å². The van der Waals surface area contributed by atoms with E-state index in [0.717, 1.165) is 31.7 Å². The number of nitriles is 1. The van der Waals surface area contributed by atoms with Gasteiger partial charge in [-0.15, -0.1) is 0 Å². The smallest absolute Gasteiger partial charge is 0.240 e. The molecule has 1 fully saturated rings. The number of rotatable bonds is 2. The van der Waals surface area contributed by atoms with Crippen molar-refractivity contribution in [2.75, 3.05) is 23.4 Å². The molecule has 0 aromatic carbocycles. The van der Waals surface area contributed by atoms with Gasteiger partial charge in [-0.2, -0.15) is 10.2 Å². The molecule has 0 saturated carbocycles. The minimum absolute atomic E-state index is 0.288. The second kappa shape index (κ2) is 4.11. The molecular weight excluding hydrogens is 192 g/mol. The molecule has 0 bridgehead atoms. The van der Waals surface area contributed by atoms with E-state index in [4.69, 9.17) is 11.1 Å². The van der Waals surface area contributed by atoms with Crippen molar-refractivity contribution >= 4 is 11.8 Å². The molecule has 78 valence electrons. The van der Waals surface area contributed by atoms with Gasteiger partial charge in [-0.05, 0) is 12.8 Å². The van der Waals surface area contributed by atoms with Crippen LogP contribution in [0.2, 0.25) is 0 Å². The largest absolute Gasteiger partial charge is 0.356 e. The van der Waals surface area contributed by atoms with Crippen molar-refractivity contribution < 1.29 is 0 Å². The van der Waals surface area contributed by atoms with Gasteiger partial charge in [0.2, 0.25) is 5.95 Å². The van der Waals surface area contributed by atoms with Crippen LogP contribution in [0.3, 0.4) is 0 Å². The molecule has 0 amide bonds. The highest BCUT2D eigenvalue weighted by Gasteiger charge is 2.15. The quantitative estimate of drug-likeness (QED) is 0.529. The zero-order chi connectivity index (χ0) is 10.7. The molecule has 1 aromatic rings. The first-order valence-electron chi connectivity index (χ1n) is 4.84. The number of anilines is 2. The molecule has 2 heterocycles. The molecular formula is C9H12N6. The van der Waals surface area contributed by atoms with Crippen molar-refractivity contribution in [3.8, 4) is 6.07 Å². The molecule has 1 aliphatic heterocycles. The summed E-state index contributed by atoms with van der Waals surface area (Å²) in [7, 11) is 0. The summed E-state index contributed by atoms with van der Waals surface area (Å²) >= 11 is 0. The summed E-state index contributed by atoms with van der Waals surface area (Å²) in [5.41, 5.74) is 2.70. The molecule has 0 unspecified atom stereocenters. The average Bonchev–Trinajstić information content (AvgIpc) is 2.81. The van der Waals surface area contributed by atoms with Crippen LogP contribution in [0.1, 0.15) is 18.5 Å². The van der Waals surface area contributed by atoms with Crippen LogP contribution in [0.25, 0.3) is 0 Å². The number of hydrazine groups is 1. The molecule has 0 spiro atoms. The SMILES string of the molecule is N#Cc1cc(N2CCCC2)nc(NN)n1. The Labute approximate surface area is 87.7 Å². The van der Waals surface area contributed by atoms with Gasteiger partial charge in [-0.25, -0.2) is 10.8 Å². The zero-order valence-corrected chi connectivity index (χ0v) is 8.27. The van der Waals surface area contributed by atoms with E-state index in [-0.39, 0.29) is 5.95 Å². The van der Waals surface area contributed by atoms with Crippen LogP contribution >= 0.6 is 0 Å². The summed E-state index contributed by atoms with van der Waals surface area (Å²) in [5, 5.41) is 8.80. The summed E-state index contributed by atoms with van der Waals surface area (Å²) < 4.78 is 0. The summed E-state index contributed by atoms with van der Waals surface area (Å²) in [6.45, 7) is 1.96. The third-order valence-corrected chi connectivity index (χ3v) is 2.39. The lowest BCUT2D eigenvalue weighted by molar-refractivity contribution is 0.924. The van der Waals surface area contributed by atoms with Crippen LogP contribution in [0, 0.1) is 11.3 Å². The molecule has 0 atom stereocenters. The molecule has 1 aromatic heterocycles. The fraction of sp³-hybridized carbons (Fsp3) is 0.444. The van der Waals surface area contributed by atoms with E-state index < -0.39 is 0 Å². The fourth-order valence-electron chi connectivity index (χ4n) is 1.66. The molecule has 6 nitrogen and oxygen atoms in total. The lowest BCUT2D eigenvalue weighted by Crippen LogP contribution is -2.21. The zero-order valence-electron chi connectivity index (χ0n) is 8.27. The Kier molecular flexibility index (Phi) is 2.65. The van der Waals surface area contributed by atoms with E-state index in [2.05, 4.69) is 20.3 Å². The van der Waals surface area contributed by atoms with Gasteiger partial charge in [-0.1, -0.05) is 0 Å². The van der Waals surface area contributed by atoms with Crippen molar-refractivity contribution in [1.82, 2.24) is 9.97 Å².